The molecule has 2 heterocycles. The molecule has 1 unspecified atom stereocenters. The van der Waals surface area contributed by atoms with Crippen LogP contribution in [0.5, 0.6) is 11.6 Å². The number of hydrogen-bond acceptors (Lipinski definition) is 4. The molecule has 17 heavy (non-hydrogen) atoms. The normalized spacial score (nSPS) is 20.7. The number of pyridine rings is 1. The first kappa shape index (κ1) is 12.2. The fraction of sp³-hybridized carbons (Fsp3) is 0.615. The maximum atomic E-state index is 5.38. The van der Waals surface area contributed by atoms with Gasteiger partial charge < -0.3 is 14.8 Å². The van der Waals surface area contributed by atoms with Gasteiger partial charge in [0, 0.05) is 17.7 Å². The molecule has 1 N–H and O–H groups in total. The molecule has 0 bridgehead atoms. The molecule has 1 aromatic rings. The average molecular weight is 236 g/mol. The second-order valence-corrected chi connectivity index (χ2v) is 4.32. The zero-order chi connectivity index (χ0) is 12.1. The molecule has 1 aromatic heterocycles. The lowest BCUT2D eigenvalue weighted by molar-refractivity contribution is 0.376. The first-order chi connectivity index (χ1) is 8.35. The Morgan fingerprint density at radius 3 is 2.88 bits per heavy atom. The lowest BCUT2D eigenvalue weighted by Gasteiger charge is -2.19. The zero-order valence-corrected chi connectivity index (χ0v) is 10.5. The Bertz CT molecular complexity index is 360. The van der Waals surface area contributed by atoms with Gasteiger partial charge in [0.05, 0.1) is 20.4 Å². The molecule has 1 saturated heterocycles. The average Bonchev–Trinajstić information content (AvgIpc) is 2.66. The van der Waals surface area contributed by atoms with E-state index in [2.05, 4.69) is 10.3 Å². The summed E-state index contributed by atoms with van der Waals surface area (Å²) in [6, 6.07) is 2.33. The van der Waals surface area contributed by atoms with E-state index in [-0.39, 0.29) is 0 Å². The summed E-state index contributed by atoms with van der Waals surface area (Å²) in [4.78, 5) is 4.17. The van der Waals surface area contributed by atoms with Gasteiger partial charge in [-0.15, -0.1) is 0 Å². The van der Waals surface area contributed by atoms with Crippen molar-refractivity contribution < 1.29 is 9.47 Å². The van der Waals surface area contributed by atoms with Gasteiger partial charge in [0.2, 0.25) is 5.88 Å². The van der Waals surface area contributed by atoms with Crippen LogP contribution in [0.4, 0.5) is 0 Å². The van der Waals surface area contributed by atoms with E-state index < -0.39 is 0 Å². The standard InChI is InChI=1S/C13H20N2O2/c1-16-12-9-15-13(17-2)8-10(12)11-6-4-3-5-7-14-11/h8-9,11,14H,3-7H2,1-2H3. The maximum absolute atomic E-state index is 5.38. The lowest BCUT2D eigenvalue weighted by Crippen LogP contribution is -2.21. The molecule has 0 saturated carbocycles. The molecule has 4 nitrogen and oxygen atoms in total. The predicted octanol–water partition coefficient (Wildman–Crippen LogP) is 2.30. The van der Waals surface area contributed by atoms with E-state index in [1.807, 2.05) is 6.07 Å². The van der Waals surface area contributed by atoms with Crippen LogP contribution in [0.15, 0.2) is 12.3 Å². The molecule has 0 amide bonds. The third-order valence-corrected chi connectivity index (χ3v) is 3.24. The summed E-state index contributed by atoms with van der Waals surface area (Å²) < 4.78 is 10.6. The second-order valence-electron chi connectivity index (χ2n) is 4.32. The quantitative estimate of drug-likeness (QED) is 0.874. The molecule has 4 heteroatoms. The molecule has 1 aliphatic rings. The van der Waals surface area contributed by atoms with Crippen molar-refractivity contribution in [2.45, 2.75) is 31.7 Å². The van der Waals surface area contributed by atoms with E-state index in [0.717, 1.165) is 24.3 Å². The third kappa shape index (κ3) is 2.88. The highest BCUT2D eigenvalue weighted by molar-refractivity contribution is 5.37. The van der Waals surface area contributed by atoms with Gasteiger partial charge in [-0.1, -0.05) is 12.8 Å². The van der Waals surface area contributed by atoms with Gasteiger partial charge in [0.15, 0.2) is 0 Å². The summed E-state index contributed by atoms with van der Waals surface area (Å²) >= 11 is 0. The molecule has 0 radical (unpaired) electrons. The zero-order valence-electron chi connectivity index (χ0n) is 10.5. The van der Waals surface area contributed by atoms with Gasteiger partial charge in [-0.25, -0.2) is 4.98 Å². The van der Waals surface area contributed by atoms with Gasteiger partial charge in [0.25, 0.3) is 0 Å². The van der Waals surface area contributed by atoms with Crippen molar-refractivity contribution in [1.29, 1.82) is 0 Å². The largest absolute Gasteiger partial charge is 0.495 e. The molecule has 1 fully saturated rings. The number of ether oxygens (including phenoxy) is 2. The second kappa shape index (κ2) is 5.87. The Morgan fingerprint density at radius 1 is 1.24 bits per heavy atom. The highest BCUT2D eigenvalue weighted by atomic mass is 16.5. The Labute approximate surface area is 102 Å². The number of hydrogen-bond donors (Lipinski definition) is 1. The van der Waals surface area contributed by atoms with Crippen molar-refractivity contribution in [3.8, 4) is 11.6 Å². The summed E-state index contributed by atoms with van der Waals surface area (Å²) in [5.41, 5.74) is 1.15. The topological polar surface area (TPSA) is 43.4 Å². The van der Waals surface area contributed by atoms with Crippen LogP contribution in [-0.4, -0.2) is 25.7 Å². The van der Waals surface area contributed by atoms with Gasteiger partial charge in [-0.2, -0.15) is 0 Å². The first-order valence-electron chi connectivity index (χ1n) is 6.16. The van der Waals surface area contributed by atoms with Crippen LogP contribution >= 0.6 is 0 Å². The SMILES string of the molecule is COc1cc(C2CCCCCN2)c(OC)cn1. The molecular formula is C13H20N2O2. The smallest absolute Gasteiger partial charge is 0.213 e. The molecule has 2 rings (SSSR count). The van der Waals surface area contributed by atoms with Gasteiger partial charge in [-0.05, 0) is 19.4 Å². The summed E-state index contributed by atoms with van der Waals surface area (Å²) in [5.74, 6) is 1.48. The van der Waals surface area contributed by atoms with Gasteiger partial charge in [0.1, 0.15) is 5.75 Å². The van der Waals surface area contributed by atoms with Gasteiger partial charge >= 0.3 is 0 Å². The van der Waals surface area contributed by atoms with Crippen LogP contribution < -0.4 is 14.8 Å². The third-order valence-electron chi connectivity index (χ3n) is 3.24. The van der Waals surface area contributed by atoms with Crippen LogP contribution in [0.1, 0.15) is 37.3 Å². The summed E-state index contributed by atoms with van der Waals surface area (Å²) in [5, 5.41) is 3.56. The number of aromatic nitrogens is 1. The Balaban J connectivity index is 2.26. The van der Waals surface area contributed by atoms with E-state index in [9.17, 15) is 0 Å². The van der Waals surface area contributed by atoms with Crippen LogP contribution in [0.25, 0.3) is 0 Å². The van der Waals surface area contributed by atoms with E-state index >= 15 is 0 Å². The van der Waals surface area contributed by atoms with Crippen molar-refractivity contribution >= 4 is 0 Å². The van der Waals surface area contributed by atoms with Crippen molar-refractivity contribution in [3.05, 3.63) is 17.8 Å². The number of nitrogens with zero attached hydrogens (tertiary/aromatic N) is 1. The molecule has 1 atom stereocenters. The molecular weight excluding hydrogens is 216 g/mol. The van der Waals surface area contributed by atoms with Gasteiger partial charge in [-0.3, -0.25) is 0 Å². The maximum Gasteiger partial charge on any atom is 0.213 e. The monoisotopic (exact) mass is 236 g/mol. The minimum Gasteiger partial charge on any atom is -0.495 e. The molecule has 0 spiro atoms. The number of rotatable bonds is 3. The van der Waals surface area contributed by atoms with Crippen LogP contribution in [0.2, 0.25) is 0 Å². The Morgan fingerprint density at radius 2 is 2.12 bits per heavy atom. The summed E-state index contributed by atoms with van der Waals surface area (Å²) in [6.45, 7) is 1.07. The van der Waals surface area contributed by atoms with Crippen molar-refractivity contribution in [3.63, 3.8) is 0 Å². The summed E-state index contributed by atoms with van der Waals surface area (Å²) in [7, 11) is 3.32. The molecule has 1 aliphatic heterocycles. The first-order valence-corrected chi connectivity index (χ1v) is 6.16. The number of nitrogens with one attached hydrogen (secondary N) is 1. The van der Waals surface area contributed by atoms with E-state index in [0.29, 0.717) is 11.9 Å². The van der Waals surface area contributed by atoms with Crippen LogP contribution in [-0.2, 0) is 0 Å². The predicted molar refractivity (Wildman–Crippen MR) is 66.6 cm³/mol. The summed E-state index contributed by atoms with van der Waals surface area (Å²) in [6.07, 6.45) is 6.69. The van der Waals surface area contributed by atoms with E-state index in [1.165, 1.54) is 19.3 Å². The molecule has 0 aliphatic carbocycles. The Kier molecular flexibility index (Phi) is 4.20. The van der Waals surface area contributed by atoms with Crippen molar-refractivity contribution in [2.75, 3.05) is 20.8 Å². The van der Waals surface area contributed by atoms with E-state index in [4.69, 9.17) is 9.47 Å². The number of methoxy groups -OCH3 is 2. The van der Waals surface area contributed by atoms with Crippen molar-refractivity contribution in [2.24, 2.45) is 0 Å². The molecule has 94 valence electrons. The lowest BCUT2D eigenvalue weighted by atomic mass is 10.0. The fourth-order valence-electron chi connectivity index (χ4n) is 2.29. The highest BCUT2D eigenvalue weighted by Crippen LogP contribution is 2.31. The fourth-order valence-corrected chi connectivity index (χ4v) is 2.29. The van der Waals surface area contributed by atoms with E-state index in [1.54, 1.807) is 20.4 Å². The molecule has 0 aromatic carbocycles. The van der Waals surface area contributed by atoms with Crippen LogP contribution in [0.3, 0.4) is 0 Å². The van der Waals surface area contributed by atoms with Crippen LogP contribution in [0, 0.1) is 0 Å². The Hall–Kier alpha value is -1.29. The van der Waals surface area contributed by atoms with Crippen molar-refractivity contribution in [1.82, 2.24) is 10.3 Å². The minimum absolute atomic E-state index is 0.351. The minimum atomic E-state index is 0.351. The highest BCUT2D eigenvalue weighted by Gasteiger charge is 2.18.